The highest BCUT2D eigenvalue weighted by Gasteiger charge is 2.11. The van der Waals surface area contributed by atoms with Gasteiger partial charge in [0.1, 0.15) is 5.75 Å². The Morgan fingerprint density at radius 3 is 2.40 bits per heavy atom. The van der Waals surface area contributed by atoms with Gasteiger partial charge in [-0.05, 0) is 42.4 Å². The largest absolute Gasteiger partial charge is 0.493 e. The summed E-state index contributed by atoms with van der Waals surface area (Å²) in [7, 11) is 0. The first-order chi connectivity index (χ1) is 6.92. The van der Waals surface area contributed by atoms with Gasteiger partial charge >= 0.3 is 0 Å². The van der Waals surface area contributed by atoms with Crippen LogP contribution in [0.3, 0.4) is 0 Å². The van der Waals surface area contributed by atoms with E-state index in [1.165, 1.54) is 10.5 Å². The van der Waals surface area contributed by atoms with E-state index >= 15 is 0 Å². The van der Waals surface area contributed by atoms with Crippen molar-refractivity contribution in [2.45, 2.75) is 32.6 Å². The molecule has 0 saturated carbocycles. The van der Waals surface area contributed by atoms with Crippen LogP contribution in [0, 0.1) is 12.3 Å². The van der Waals surface area contributed by atoms with E-state index in [1.807, 2.05) is 6.07 Å². The monoisotopic (exact) mass is 224 g/mol. The van der Waals surface area contributed by atoms with E-state index in [0.717, 1.165) is 12.4 Å². The molecule has 0 atom stereocenters. The van der Waals surface area contributed by atoms with Gasteiger partial charge < -0.3 is 4.74 Å². The van der Waals surface area contributed by atoms with Crippen LogP contribution in [0.4, 0.5) is 0 Å². The lowest BCUT2D eigenvalue weighted by molar-refractivity contribution is 0.197. The second kappa shape index (κ2) is 4.93. The minimum Gasteiger partial charge on any atom is -0.493 e. The van der Waals surface area contributed by atoms with Gasteiger partial charge in [0.25, 0.3) is 0 Å². The molecule has 0 aliphatic heterocycles. The van der Waals surface area contributed by atoms with Gasteiger partial charge in [-0.2, -0.15) is 0 Å². The Labute approximate surface area is 97.2 Å². The summed E-state index contributed by atoms with van der Waals surface area (Å²) in [6.07, 6.45) is 2.10. The first-order valence-electron chi connectivity index (χ1n) is 5.20. The highest BCUT2D eigenvalue weighted by molar-refractivity contribution is 7.98. The van der Waals surface area contributed by atoms with E-state index in [0.29, 0.717) is 0 Å². The van der Waals surface area contributed by atoms with Crippen LogP contribution < -0.4 is 4.74 Å². The predicted octanol–water partition coefficient (Wildman–Crippen LogP) is 4.14. The van der Waals surface area contributed by atoms with Crippen LogP contribution in [0.15, 0.2) is 23.1 Å². The van der Waals surface area contributed by atoms with Crippen LogP contribution in [0.2, 0.25) is 0 Å². The summed E-state index contributed by atoms with van der Waals surface area (Å²) in [4.78, 5) is 1.32. The van der Waals surface area contributed by atoms with Gasteiger partial charge in [0.15, 0.2) is 0 Å². The number of hydrogen-bond acceptors (Lipinski definition) is 2. The zero-order valence-electron chi connectivity index (χ0n) is 10.3. The molecule has 0 saturated heterocycles. The minimum absolute atomic E-state index is 0.214. The third-order valence-corrected chi connectivity index (χ3v) is 2.94. The number of ether oxygens (including phenoxy) is 1. The van der Waals surface area contributed by atoms with Crippen molar-refractivity contribution in [1.82, 2.24) is 0 Å². The Hall–Kier alpha value is -0.630. The first-order valence-corrected chi connectivity index (χ1v) is 6.42. The Kier molecular flexibility index (Phi) is 4.09. The molecule has 1 aromatic carbocycles. The van der Waals surface area contributed by atoms with Crippen molar-refractivity contribution >= 4 is 11.8 Å². The summed E-state index contributed by atoms with van der Waals surface area (Å²) in [5.41, 5.74) is 1.50. The second-order valence-corrected chi connectivity index (χ2v) is 5.83. The van der Waals surface area contributed by atoms with Gasteiger partial charge in [0.05, 0.1) is 6.61 Å². The van der Waals surface area contributed by atoms with Crippen LogP contribution >= 0.6 is 11.8 Å². The van der Waals surface area contributed by atoms with Crippen molar-refractivity contribution in [3.63, 3.8) is 0 Å². The molecule has 1 rings (SSSR count). The Morgan fingerprint density at radius 2 is 1.93 bits per heavy atom. The lowest BCUT2D eigenvalue weighted by atomic mass is 9.99. The number of rotatable bonds is 3. The van der Waals surface area contributed by atoms with E-state index < -0.39 is 0 Å². The van der Waals surface area contributed by atoms with E-state index in [2.05, 4.69) is 46.1 Å². The third-order valence-electron chi connectivity index (χ3n) is 2.04. The molecule has 0 spiro atoms. The van der Waals surface area contributed by atoms with Gasteiger partial charge in [-0.15, -0.1) is 11.8 Å². The molecule has 0 unspecified atom stereocenters. The second-order valence-electron chi connectivity index (χ2n) is 4.98. The lowest BCUT2D eigenvalue weighted by Crippen LogP contribution is -2.16. The molecule has 0 aliphatic carbocycles. The van der Waals surface area contributed by atoms with Crippen LogP contribution in [0.5, 0.6) is 5.75 Å². The van der Waals surface area contributed by atoms with Crippen molar-refractivity contribution in [2.75, 3.05) is 12.9 Å². The zero-order chi connectivity index (χ0) is 11.5. The Morgan fingerprint density at radius 1 is 1.27 bits per heavy atom. The first kappa shape index (κ1) is 12.4. The van der Waals surface area contributed by atoms with Crippen molar-refractivity contribution in [1.29, 1.82) is 0 Å². The quantitative estimate of drug-likeness (QED) is 0.714. The summed E-state index contributed by atoms with van der Waals surface area (Å²) in [6.45, 7) is 9.41. The molecule has 84 valence electrons. The van der Waals surface area contributed by atoms with Crippen LogP contribution in [0.25, 0.3) is 0 Å². The molecule has 0 N–H and O–H groups in total. The molecule has 1 nitrogen and oxygen atoms in total. The van der Waals surface area contributed by atoms with Gasteiger partial charge in [-0.3, -0.25) is 0 Å². The Bertz CT molecular complexity index is 326. The molecule has 15 heavy (non-hydrogen) atoms. The molecule has 0 amide bonds. The van der Waals surface area contributed by atoms with E-state index in [9.17, 15) is 0 Å². The molecule has 1 aromatic rings. The average Bonchev–Trinajstić information content (AvgIpc) is 2.14. The van der Waals surface area contributed by atoms with E-state index in [1.54, 1.807) is 11.8 Å². The maximum atomic E-state index is 5.74. The van der Waals surface area contributed by atoms with E-state index in [4.69, 9.17) is 4.74 Å². The number of benzene rings is 1. The Balaban J connectivity index is 2.68. The fourth-order valence-electron chi connectivity index (χ4n) is 1.24. The van der Waals surface area contributed by atoms with Crippen LogP contribution in [-0.2, 0) is 0 Å². The van der Waals surface area contributed by atoms with Gasteiger partial charge in [-0.1, -0.05) is 20.8 Å². The zero-order valence-corrected chi connectivity index (χ0v) is 11.1. The molecule has 0 aromatic heterocycles. The lowest BCUT2D eigenvalue weighted by Gasteiger charge is -2.19. The maximum absolute atomic E-state index is 5.74. The number of thioether (sulfide) groups is 1. The normalized spacial score (nSPS) is 11.5. The molecular weight excluding hydrogens is 204 g/mol. The molecule has 0 heterocycles. The van der Waals surface area contributed by atoms with Crippen LogP contribution in [0.1, 0.15) is 26.3 Å². The highest BCUT2D eigenvalue weighted by atomic mass is 32.2. The molecule has 0 bridgehead atoms. The summed E-state index contributed by atoms with van der Waals surface area (Å²) < 4.78 is 5.74. The summed E-state index contributed by atoms with van der Waals surface area (Å²) in [5.74, 6) is 0.972. The fourth-order valence-corrected chi connectivity index (χ4v) is 1.83. The van der Waals surface area contributed by atoms with Gasteiger partial charge in [0.2, 0.25) is 0 Å². The molecular formula is C13H20OS. The van der Waals surface area contributed by atoms with Gasteiger partial charge in [0, 0.05) is 4.90 Å². The SMILES string of the molecule is CSc1ccc(OCC(C)(C)C)cc1C. The standard InChI is InChI=1S/C13H20OS/c1-10-8-11(6-7-12(10)15-5)14-9-13(2,3)4/h6-8H,9H2,1-5H3. The van der Waals surface area contributed by atoms with Crippen LogP contribution in [-0.4, -0.2) is 12.9 Å². The highest BCUT2D eigenvalue weighted by Crippen LogP contribution is 2.25. The number of hydrogen-bond donors (Lipinski definition) is 0. The molecule has 0 radical (unpaired) electrons. The smallest absolute Gasteiger partial charge is 0.119 e. The fraction of sp³-hybridized carbons (Fsp3) is 0.538. The number of aryl methyl sites for hydroxylation is 1. The van der Waals surface area contributed by atoms with Crippen molar-refractivity contribution < 1.29 is 4.74 Å². The minimum atomic E-state index is 0.214. The summed E-state index contributed by atoms with van der Waals surface area (Å²) >= 11 is 1.77. The van der Waals surface area contributed by atoms with Crippen molar-refractivity contribution in [2.24, 2.45) is 5.41 Å². The summed E-state index contributed by atoms with van der Waals surface area (Å²) in [6, 6.07) is 6.28. The predicted molar refractivity (Wildman–Crippen MR) is 67.9 cm³/mol. The molecule has 0 fully saturated rings. The third kappa shape index (κ3) is 4.17. The summed E-state index contributed by atoms with van der Waals surface area (Å²) in [5, 5.41) is 0. The van der Waals surface area contributed by atoms with E-state index in [-0.39, 0.29) is 5.41 Å². The maximum Gasteiger partial charge on any atom is 0.119 e. The molecule has 2 heteroatoms. The topological polar surface area (TPSA) is 9.23 Å². The average molecular weight is 224 g/mol. The van der Waals surface area contributed by atoms with Crippen molar-refractivity contribution in [3.05, 3.63) is 23.8 Å². The van der Waals surface area contributed by atoms with Gasteiger partial charge in [-0.25, -0.2) is 0 Å². The van der Waals surface area contributed by atoms with Crippen molar-refractivity contribution in [3.8, 4) is 5.75 Å². The molecule has 0 aliphatic rings.